The van der Waals surface area contributed by atoms with Crippen LogP contribution < -0.4 is 9.80 Å². The molecule has 1 amide bonds. The highest BCUT2D eigenvalue weighted by atomic mass is 32.2. The van der Waals surface area contributed by atoms with E-state index in [-0.39, 0.29) is 17.8 Å². The summed E-state index contributed by atoms with van der Waals surface area (Å²) in [5.41, 5.74) is 1.70. The zero-order chi connectivity index (χ0) is 21.5. The lowest BCUT2D eigenvalue weighted by Gasteiger charge is -2.27. The number of carbonyl (C=O) groups excluding carboxylic acids is 1. The Labute approximate surface area is 181 Å². The van der Waals surface area contributed by atoms with Crippen LogP contribution in [-0.2, 0) is 0 Å². The van der Waals surface area contributed by atoms with Crippen LogP contribution in [0.15, 0.2) is 40.1 Å². The van der Waals surface area contributed by atoms with E-state index in [0.29, 0.717) is 34.3 Å². The van der Waals surface area contributed by atoms with Crippen LogP contribution in [0.4, 0.5) is 11.5 Å². The Balaban J connectivity index is 1.55. The Morgan fingerprint density at radius 1 is 1.32 bits per heavy atom. The molecule has 1 atom stereocenters. The van der Waals surface area contributed by atoms with Crippen LogP contribution >= 0.6 is 11.8 Å². The standard InChI is InChI=1S/C20H18N6O4S/c1-31-20-21-9-14-16(23-20)25-7-3-6-13(25)10-26(18(14)27)12-5-2-4-11(8-12)15-22-17(19(28)29)30-24-15/h2,4-5,8-9,13H,3,6-7,10H2,1H3,(H,28,29). The fourth-order valence-electron chi connectivity index (χ4n) is 4.03. The fraction of sp³-hybridized carbons (Fsp3) is 0.300. The lowest BCUT2D eigenvalue weighted by atomic mass is 10.1. The molecule has 2 aliphatic rings. The lowest BCUT2D eigenvalue weighted by molar-refractivity contribution is 0.0643. The number of carboxylic acid groups (broad SMARTS) is 1. The number of anilines is 2. The topological polar surface area (TPSA) is 126 Å². The third-order valence-corrected chi connectivity index (χ3v) is 6.03. The maximum Gasteiger partial charge on any atom is 0.394 e. The number of carboxylic acids is 1. The van der Waals surface area contributed by atoms with Crippen molar-refractivity contribution in [3.63, 3.8) is 0 Å². The normalized spacial score (nSPS) is 18.0. The molecule has 3 aromatic rings. The van der Waals surface area contributed by atoms with Gasteiger partial charge < -0.3 is 19.4 Å². The maximum atomic E-state index is 13.5. The van der Waals surface area contributed by atoms with Gasteiger partial charge in [0.15, 0.2) is 5.16 Å². The summed E-state index contributed by atoms with van der Waals surface area (Å²) >= 11 is 1.45. The van der Waals surface area contributed by atoms with Gasteiger partial charge in [0, 0.05) is 36.6 Å². The number of aromatic carboxylic acids is 1. The van der Waals surface area contributed by atoms with Gasteiger partial charge in [0.05, 0.1) is 0 Å². The number of rotatable bonds is 4. The number of nitrogens with zero attached hydrogens (tertiary/aromatic N) is 6. The molecular weight excluding hydrogens is 420 g/mol. The largest absolute Gasteiger partial charge is 0.474 e. The molecule has 1 fully saturated rings. The summed E-state index contributed by atoms with van der Waals surface area (Å²) in [4.78, 5) is 41.3. The number of benzene rings is 1. The Kier molecular flexibility index (Phi) is 4.81. The van der Waals surface area contributed by atoms with Crippen LogP contribution in [0.5, 0.6) is 0 Å². The molecule has 31 heavy (non-hydrogen) atoms. The predicted octanol–water partition coefficient (Wildman–Crippen LogP) is 2.58. The van der Waals surface area contributed by atoms with E-state index in [1.807, 2.05) is 12.3 Å². The van der Waals surface area contributed by atoms with E-state index in [1.165, 1.54) is 11.8 Å². The second-order valence-corrected chi connectivity index (χ2v) is 8.05. The first-order valence-electron chi connectivity index (χ1n) is 9.72. The van der Waals surface area contributed by atoms with E-state index in [0.717, 1.165) is 19.4 Å². The molecule has 4 heterocycles. The van der Waals surface area contributed by atoms with Crippen molar-refractivity contribution < 1.29 is 19.2 Å². The third kappa shape index (κ3) is 3.40. The zero-order valence-corrected chi connectivity index (χ0v) is 17.4. The molecule has 0 spiro atoms. The van der Waals surface area contributed by atoms with Crippen molar-refractivity contribution in [3.8, 4) is 11.4 Å². The van der Waals surface area contributed by atoms with Crippen molar-refractivity contribution in [2.75, 3.05) is 29.1 Å². The molecule has 0 aliphatic carbocycles. The first kappa shape index (κ1) is 19.5. The van der Waals surface area contributed by atoms with Crippen molar-refractivity contribution in [1.82, 2.24) is 20.1 Å². The van der Waals surface area contributed by atoms with E-state index in [1.54, 1.807) is 29.3 Å². The Bertz CT molecular complexity index is 1180. The molecule has 2 aliphatic heterocycles. The number of fused-ring (bicyclic) bond motifs is 3. The molecular formula is C20H18N6O4S. The smallest absolute Gasteiger partial charge is 0.394 e. The van der Waals surface area contributed by atoms with Gasteiger partial charge >= 0.3 is 11.9 Å². The molecule has 2 aromatic heterocycles. The number of hydrogen-bond donors (Lipinski definition) is 1. The minimum absolute atomic E-state index is 0.150. The minimum atomic E-state index is -1.29. The quantitative estimate of drug-likeness (QED) is 0.480. The van der Waals surface area contributed by atoms with Crippen LogP contribution in [0.1, 0.15) is 33.9 Å². The minimum Gasteiger partial charge on any atom is -0.474 e. The highest BCUT2D eigenvalue weighted by Crippen LogP contribution is 2.35. The molecule has 5 rings (SSSR count). The number of thioether (sulfide) groups is 1. The summed E-state index contributed by atoms with van der Waals surface area (Å²) in [6.45, 7) is 1.37. The SMILES string of the molecule is CSc1ncc2c(n1)N1CCCC1CN(c1cccc(-c3noc(C(=O)O)n3)c1)C2=O. The molecule has 1 N–H and O–H groups in total. The van der Waals surface area contributed by atoms with E-state index < -0.39 is 11.9 Å². The average Bonchev–Trinajstić information content (AvgIpc) is 3.45. The van der Waals surface area contributed by atoms with E-state index in [9.17, 15) is 9.59 Å². The highest BCUT2D eigenvalue weighted by Gasteiger charge is 2.37. The number of hydrogen-bond acceptors (Lipinski definition) is 9. The maximum absolute atomic E-state index is 13.5. The van der Waals surface area contributed by atoms with Gasteiger partial charge in [-0.2, -0.15) is 4.98 Å². The monoisotopic (exact) mass is 438 g/mol. The summed E-state index contributed by atoms with van der Waals surface area (Å²) in [6.07, 6.45) is 5.51. The first-order valence-corrected chi connectivity index (χ1v) is 10.9. The zero-order valence-electron chi connectivity index (χ0n) is 16.6. The molecule has 1 aromatic carbocycles. The van der Waals surface area contributed by atoms with Crippen molar-refractivity contribution in [2.45, 2.75) is 24.0 Å². The molecule has 10 nitrogen and oxygen atoms in total. The summed E-state index contributed by atoms with van der Waals surface area (Å²) in [5.74, 6) is -1.11. The molecule has 1 saturated heterocycles. The van der Waals surface area contributed by atoms with Crippen LogP contribution in [0, 0.1) is 0 Å². The van der Waals surface area contributed by atoms with E-state index >= 15 is 0 Å². The third-order valence-electron chi connectivity index (χ3n) is 5.47. The van der Waals surface area contributed by atoms with Crippen LogP contribution in [0.25, 0.3) is 11.4 Å². The van der Waals surface area contributed by atoms with Gasteiger partial charge in [0.25, 0.3) is 5.91 Å². The molecule has 0 bridgehead atoms. The van der Waals surface area contributed by atoms with Gasteiger partial charge in [0.2, 0.25) is 5.82 Å². The van der Waals surface area contributed by atoms with Gasteiger partial charge in [-0.1, -0.05) is 29.1 Å². The highest BCUT2D eigenvalue weighted by molar-refractivity contribution is 7.98. The lowest BCUT2D eigenvalue weighted by Crippen LogP contribution is -2.39. The molecule has 0 radical (unpaired) electrons. The van der Waals surface area contributed by atoms with Crippen LogP contribution in [0.3, 0.4) is 0 Å². The number of aromatic nitrogens is 4. The Morgan fingerprint density at radius 3 is 2.97 bits per heavy atom. The Hall–Kier alpha value is -3.47. The predicted molar refractivity (Wildman–Crippen MR) is 113 cm³/mol. The van der Waals surface area contributed by atoms with Crippen LogP contribution in [-0.4, -0.2) is 62.5 Å². The first-order chi connectivity index (χ1) is 15.0. The van der Waals surface area contributed by atoms with Gasteiger partial charge in [-0.05, 0) is 31.2 Å². The van der Waals surface area contributed by atoms with Crippen LogP contribution in [0.2, 0.25) is 0 Å². The Morgan fingerprint density at radius 2 is 2.19 bits per heavy atom. The molecule has 0 saturated carbocycles. The summed E-state index contributed by atoms with van der Waals surface area (Å²) in [6, 6.07) is 7.27. The molecule has 158 valence electrons. The van der Waals surface area contributed by atoms with Crippen molar-refractivity contribution in [1.29, 1.82) is 0 Å². The van der Waals surface area contributed by atoms with Crippen molar-refractivity contribution in [2.24, 2.45) is 0 Å². The number of carbonyl (C=O) groups is 2. The fourth-order valence-corrected chi connectivity index (χ4v) is 4.37. The van der Waals surface area contributed by atoms with Gasteiger partial charge in [-0.3, -0.25) is 4.79 Å². The summed E-state index contributed by atoms with van der Waals surface area (Å²) in [5, 5.41) is 13.4. The van der Waals surface area contributed by atoms with Crippen molar-refractivity contribution >= 4 is 35.1 Å². The van der Waals surface area contributed by atoms with Crippen molar-refractivity contribution in [3.05, 3.63) is 41.9 Å². The molecule has 1 unspecified atom stereocenters. The van der Waals surface area contributed by atoms with Gasteiger partial charge in [0.1, 0.15) is 11.4 Å². The molecule has 11 heteroatoms. The van der Waals surface area contributed by atoms with Gasteiger partial charge in [-0.25, -0.2) is 14.8 Å². The average molecular weight is 438 g/mol. The summed E-state index contributed by atoms with van der Waals surface area (Å²) in [7, 11) is 0. The second kappa shape index (κ2) is 7.65. The van der Waals surface area contributed by atoms with Gasteiger partial charge in [-0.15, -0.1) is 0 Å². The van der Waals surface area contributed by atoms with E-state index in [4.69, 9.17) is 9.63 Å². The second-order valence-electron chi connectivity index (χ2n) is 7.28. The van der Waals surface area contributed by atoms with E-state index in [2.05, 4.69) is 25.0 Å². The summed E-state index contributed by atoms with van der Waals surface area (Å²) < 4.78 is 4.77. The number of amides is 1.